The van der Waals surface area contributed by atoms with E-state index in [9.17, 15) is 9.59 Å². The van der Waals surface area contributed by atoms with Crippen molar-refractivity contribution in [3.05, 3.63) is 45.1 Å². The molecule has 4 nitrogen and oxygen atoms in total. The molecule has 2 atom stereocenters. The van der Waals surface area contributed by atoms with Gasteiger partial charge in [0.15, 0.2) is 5.78 Å². The number of ketones is 1. The van der Waals surface area contributed by atoms with Gasteiger partial charge in [-0.2, -0.15) is 0 Å². The van der Waals surface area contributed by atoms with Crippen LogP contribution >= 0.6 is 23.2 Å². The van der Waals surface area contributed by atoms with Crippen molar-refractivity contribution in [2.75, 3.05) is 6.61 Å². The largest absolute Gasteiger partial charge is 0.465 e. The van der Waals surface area contributed by atoms with Crippen molar-refractivity contribution < 1.29 is 14.3 Å². The van der Waals surface area contributed by atoms with Crippen LogP contribution in [0.25, 0.3) is 0 Å². The molecule has 132 valence electrons. The Balaban J connectivity index is 2.17. The number of nitrogens with zero attached hydrogens (tertiary/aromatic N) is 1. The number of rotatable bonds is 3. The summed E-state index contributed by atoms with van der Waals surface area (Å²) < 4.78 is 5.26. The summed E-state index contributed by atoms with van der Waals surface area (Å²) in [6, 6.07) is 5.23. The molecule has 1 aliphatic carbocycles. The van der Waals surface area contributed by atoms with Gasteiger partial charge < -0.3 is 4.74 Å². The standard InChI is InChI=1S/C19H19Cl2NO3/c1-3-25-19(24)16-10(2)22-14-5-4-6-15(23)18(14)17(16)11-7-8-12(20)13(21)9-11/h7-9,16-17H,3-6H2,1-2H3/t16?,17-/m0/s1. The molecule has 0 amide bonds. The van der Waals surface area contributed by atoms with Crippen LogP contribution in [0.5, 0.6) is 0 Å². The minimum absolute atomic E-state index is 0.0443. The molecule has 1 aliphatic heterocycles. The van der Waals surface area contributed by atoms with Crippen LogP contribution in [0.15, 0.2) is 34.5 Å². The summed E-state index contributed by atoms with van der Waals surface area (Å²) >= 11 is 12.2. The summed E-state index contributed by atoms with van der Waals surface area (Å²) in [4.78, 5) is 29.9. The molecule has 0 saturated carbocycles. The summed E-state index contributed by atoms with van der Waals surface area (Å²) in [7, 11) is 0. The molecule has 0 fully saturated rings. The van der Waals surface area contributed by atoms with Crippen LogP contribution in [-0.2, 0) is 14.3 Å². The van der Waals surface area contributed by atoms with Crippen molar-refractivity contribution in [2.24, 2.45) is 10.9 Å². The molecule has 25 heavy (non-hydrogen) atoms. The van der Waals surface area contributed by atoms with Crippen LogP contribution in [0.2, 0.25) is 10.0 Å². The van der Waals surface area contributed by atoms with Crippen molar-refractivity contribution >= 4 is 40.7 Å². The lowest BCUT2D eigenvalue weighted by molar-refractivity contribution is -0.146. The Morgan fingerprint density at radius 1 is 1.28 bits per heavy atom. The molecule has 1 aromatic rings. The maximum absolute atomic E-state index is 12.7. The first-order valence-electron chi connectivity index (χ1n) is 8.37. The molecule has 1 aromatic carbocycles. The Morgan fingerprint density at radius 3 is 2.72 bits per heavy atom. The van der Waals surface area contributed by atoms with Gasteiger partial charge in [-0.15, -0.1) is 0 Å². The molecule has 0 radical (unpaired) electrons. The number of carbonyl (C=O) groups is 2. The highest BCUT2D eigenvalue weighted by Crippen LogP contribution is 2.44. The van der Waals surface area contributed by atoms with Gasteiger partial charge in [-0.3, -0.25) is 14.6 Å². The van der Waals surface area contributed by atoms with Gasteiger partial charge in [0.05, 0.1) is 16.7 Å². The van der Waals surface area contributed by atoms with Crippen molar-refractivity contribution in [1.82, 2.24) is 0 Å². The predicted octanol–water partition coefficient (Wildman–Crippen LogP) is 4.74. The van der Waals surface area contributed by atoms with Gasteiger partial charge in [-0.25, -0.2) is 0 Å². The first kappa shape index (κ1) is 18.2. The first-order chi connectivity index (χ1) is 11.9. The van der Waals surface area contributed by atoms with Crippen LogP contribution in [-0.4, -0.2) is 24.1 Å². The molecule has 0 N–H and O–H groups in total. The molecule has 0 spiro atoms. The van der Waals surface area contributed by atoms with Gasteiger partial charge in [0, 0.05) is 29.3 Å². The van der Waals surface area contributed by atoms with E-state index in [1.54, 1.807) is 19.1 Å². The summed E-state index contributed by atoms with van der Waals surface area (Å²) in [6.45, 7) is 3.85. The van der Waals surface area contributed by atoms with E-state index < -0.39 is 11.8 Å². The second kappa shape index (κ2) is 7.30. The number of aliphatic imine (C=N–C) groups is 1. The fourth-order valence-corrected chi connectivity index (χ4v) is 3.92. The van der Waals surface area contributed by atoms with Crippen molar-refractivity contribution in [1.29, 1.82) is 0 Å². The minimum atomic E-state index is -0.627. The van der Waals surface area contributed by atoms with Gasteiger partial charge in [0.1, 0.15) is 5.92 Å². The smallest absolute Gasteiger partial charge is 0.315 e. The van der Waals surface area contributed by atoms with E-state index in [-0.39, 0.29) is 18.4 Å². The third kappa shape index (κ3) is 3.38. The number of esters is 1. The topological polar surface area (TPSA) is 55.7 Å². The lowest BCUT2D eigenvalue weighted by Gasteiger charge is -2.34. The summed E-state index contributed by atoms with van der Waals surface area (Å²) in [5.41, 5.74) is 2.85. The number of halogens is 2. The number of hydrogen-bond donors (Lipinski definition) is 0. The lowest BCUT2D eigenvalue weighted by Crippen LogP contribution is -2.37. The second-order valence-electron chi connectivity index (χ2n) is 6.27. The number of allylic oxidation sites excluding steroid dienone is 2. The molecule has 0 bridgehead atoms. The van der Waals surface area contributed by atoms with E-state index in [4.69, 9.17) is 27.9 Å². The maximum atomic E-state index is 12.7. The third-order valence-corrected chi connectivity index (χ3v) is 5.42. The second-order valence-corrected chi connectivity index (χ2v) is 7.09. The Bertz CT molecular complexity index is 798. The van der Waals surface area contributed by atoms with E-state index >= 15 is 0 Å². The third-order valence-electron chi connectivity index (χ3n) is 4.68. The Morgan fingerprint density at radius 2 is 2.04 bits per heavy atom. The number of ether oxygens (including phenoxy) is 1. The Labute approximate surface area is 156 Å². The summed E-state index contributed by atoms with van der Waals surface area (Å²) in [5.74, 6) is -1.39. The summed E-state index contributed by atoms with van der Waals surface area (Å²) in [6.07, 6.45) is 2.00. The van der Waals surface area contributed by atoms with Crippen molar-refractivity contribution in [2.45, 2.75) is 39.0 Å². The molecule has 6 heteroatoms. The van der Waals surface area contributed by atoms with Crippen molar-refractivity contribution in [3.63, 3.8) is 0 Å². The highest BCUT2D eigenvalue weighted by atomic mass is 35.5. The highest BCUT2D eigenvalue weighted by molar-refractivity contribution is 6.42. The van der Waals surface area contributed by atoms with Gasteiger partial charge in [-0.1, -0.05) is 29.3 Å². The molecule has 0 saturated heterocycles. The van der Waals surface area contributed by atoms with Crippen LogP contribution in [0.1, 0.15) is 44.6 Å². The minimum Gasteiger partial charge on any atom is -0.465 e. The van der Waals surface area contributed by atoms with Gasteiger partial charge in [0.25, 0.3) is 0 Å². The Kier molecular flexibility index (Phi) is 5.30. The number of hydrogen-bond acceptors (Lipinski definition) is 4. The Hall–Kier alpha value is -1.65. The molecule has 2 aliphatic rings. The van der Waals surface area contributed by atoms with E-state index in [2.05, 4.69) is 4.99 Å². The zero-order valence-corrected chi connectivity index (χ0v) is 15.7. The molecular formula is C19H19Cl2NO3. The summed E-state index contributed by atoms with van der Waals surface area (Å²) in [5, 5.41) is 0.829. The zero-order chi connectivity index (χ0) is 18.1. The molecule has 3 rings (SSSR count). The molecule has 1 heterocycles. The van der Waals surface area contributed by atoms with E-state index in [1.807, 2.05) is 13.0 Å². The van der Waals surface area contributed by atoms with E-state index in [0.717, 1.165) is 24.1 Å². The monoisotopic (exact) mass is 379 g/mol. The fraction of sp³-hybridized carbons (Fsp3) is 0.421. The fourth-order valence-electron chi connectivity index (χ4n) is 3.61. The van der Waals surface area contributed by atoms with E-state index in [1.165, 1.54) is 0 Å². The zero-order valence-electron chi connectivity index (χ0n) is 14.1. The van der Waals surface area contributed by atoms with Crippen LogP contribution in [0.3, 0.4) is 0 Å². The lowest BCUT2D eigenvalue weighted by atomic mass is 9.72. The number of benzene rings is 1. The van der Waals surface area contributed by atoms with Gasteiger partial charge >= 0.3 is 5.97 Å². The predicted molar refractivity (Wildman–Crippen MR) is 98.3 cm³/mol. The number of Topliss-reactive ketones (excluding diaryl/α,β-unsaturated/α-hetero) is 1. The SMILES string of the molecule is CCOC(=O)C1C(C)=NC2=C(C(=O)CCC2)[C@H]1c1ccc(Cl)c(Cl)c1. The average molecular weight is 380 g/mol. The quantitative estimate of drug-likeness (QED) is 0.712. The van der Waals surface area contributed by atoms with Crippen LogP contribution in [0.4, 0.5) is 0 Å². The molecular weight excluding hydrogens is 361 g/mol. The highest BCUT2D eigenvalue weighted by Gasteiger charge is 2.43. The van der Waals surface area contributed by atoms with Gasteiger partial charge in [0.2, 0.25) is 0 Å². The molecule has 0 aromatic heterocycles. The van der Waals surface area contributed by atoms with Crippen molar-refractivity contribution in [3.8, 4) is 0 Å². The van der Waals surface area contributed by atoms with Crippen LogP contribution < -0.4 is 0 Å². The van der Waals surface area contributed by atoms with Crippen LogP contribution in [0, 0.1) is 5.92 Å². The average Bonchev–Trinajstić information content (AvgIpc) is 2.56. The molecule has 1 unspecified atom stereocenters. The van der Waals surface area contributed by atoms with Gasteiger partial charge in [-0.05, 0) is 44.4 Å². The first-order valence-corrected chi connectivity index (χ1v) is 9.12. The normalized spacial score (nSPS) is 23.2. The maximum Gasteiger partial charge on any atom is 0.315 e. The number of carbonyl (C=O) groups excluding carboxylic acids is 2. The van der Waals surface area contributed by atoms with E-state index in [0.29, 0.717) is 27.8 Å².